The van der Waals surface area contributed by atoms with Gasteiger partial charge in [0, 0.05) is 12.8 Å². The number of nitrogens with one attached hydrogen (secondary N) is 1. The second-order valence-electron chi connectivity index (χ2n) is 21.1. The molecule has 406 valence electrons. The number of unbranched alkanes of at least 4 members (excludes halogenated alkanes) is 41. The molecule has 0 fully saturated rings. The summed E-state index contributed by atoms with van der Waals surface area (Å²) in [5.41, 5.74) is 0. The largest absolute Gasteiger partial charge is 0.466 e. The number of esters is 1. The average molecular weight is 971 g/mol. The minimum absolute atomic E-state index is 0.0241. The molecule has 0 saturated heterocycles. The van der Waals surface area contributed by atoms with Crippen molar-refractivity contribution >= 4 is 11.9 Å². The van der Waals surface area contributed by atoms with E-state index in [1.807, 2.05) is 0 Å². The quantitative estimate of drug-likeness (QED) is 0.0244. The number of aliphatic hydroxyl groups excluding tert-OH is 2. The summed E-state index contributed by atoms with van der Waals surface area (Å²) >= 11 is 0. The summed E-state index contributed by atoms with van der Waals surface area (Å²) in [5.74, 6) is -0.0796. The lowest BCUT2D eigenvalue weighted by molar-refractivity contribution is -0.143. The Morgan fingerprint density at radius 2 is 0.725 bits per heavy atom. The number of carbonyl (C=O) groups excluding carboxylic acids is 2. The van der Waals surface area contributed by atoms with E-state index in [4.69, 9.17) is 4.74 Å². The van der Waals surface area contributed by atoms with Crippen LogP contribution in [0.2, 0.25) is 0 Å². The van der Waals surface area contributed by atoms with Crippen molar-refractivity contribution in [3.05, 3.63) is 36.5 Å². The van der Waals surface area contributed by atoms with Crippen LogP contribution in [0.15, 0.2) is 36.5 Å². The highest BCUT2D eigenvalue weighted by atomic mass is 16.5. The van der Waals surface area contributed by atoms with Crippen LogP contribution in [0.1, 0.15) is 328 Å². The van der Waals surface area contributed by atoms with E-state index in [0.717, 1.165) is 77.0 Å². The number of hydrogen-bond acceptors (Lipinski definition) is 5. The maximum absolute atomic E-state index is 12.5. The van der Waals surface area contributed by atoms with Crippen molar-refractivity contribution in [1.29, 1.82) is 0 Å². The van der Waals surface area contributed by atoms with Gasteiger partial charge in [-0.2, -0.15) is 0 Å². The molecular weight excluding hydrogens is 851 g/mol. The summed E-state index contributed by atoms with van der Waals surface area (Å²) in [4.78, 5) is 24.6. The Bertz CT molecular complexity index is 1120. The van der Waals surface area contributed by atoms with Crippen molar-refractivity contribution < 1.29 is 24.5 Å². The first kappa shape index (κ1) is 67.1. The van der Waals surface area contributed by atoms with Crippen molar-refractivity contribution in [2.24, 2.45) is 0 Å². The zero-order chi connectivity index (χ0) is 50.0. The maximum atomic E-state index is 12.5. The third-order valence-corrected chi connectivity index (χ3v) is 14.2. The Labute approximate surface area is 430 Å². The molecule has 1 amide bonds. The summed E-state index contributed by atoms with van der Waals surface area (Å²) in [6.45, 7) is 4.91. The summed E-state index contributed by atoms with van der Waals surface area (Å²) in [6, 6.07) is -0.559. The van der Waals surface area contributed by atoms with Gasteiger partial charge >= 0.3 is 5.97 Å². The molecule has 6 nitrogen and oxygen atoms in total. The van der Waals surface area contributed by atoms with E-state index >= 15 is 0 Å². The molecule has 2 atom stereocenters. The van der Waals surface area contributed by atoms with Crippen LogP contribution >= 0.6 is 0 Å². The van der Waals surface area contributed by atoms with E-state index in [9.17, 15) is 19.8 Å². The molecule has 0 aliphatic rings. The van der Waals surface area contributed by atoms with Crippen molar-refractivity contribution in [1.82, 2.24) is 5.32 Å². The van der Waals surface area contributed by atoms with Crippen LogP contribution in [0.5, 0.6) is 0 Å². The van der Waals surface area contributed by atoms with E-state index in [1.54, 1.807) is 0 Å². The van der Waals surface area contributed by atoms with Gasteiger partial charge in [0.15, 0.2) is 0 Å². The van der Waals surface area contributed by atoms with E-state index < -0.39 is 12.1 Å². The molecule has 0 aliphatic carbocycles. The fraction of sp³-hybridized carbons (Fsp3) is 0.873. The van der Waals surface area contributed by atoms with Crippen molar-refractivity contribution in [3.63, 3.8) is 0 Å². The molecule has 0 aromatic heterocycles. The molecule has 0 aromatic carbocycles. The normalized spacial score (nSPS) is 12.8. The molecule has 0 rings (SSSR count). The molecule has 2 unspecified atom stereocenters. The van der Waals surface area contributed by atoms with Crippen molar-refractivity contribution in [3.8, 4) is 0 Å². The molecule has 0 saturated carbocycles. The van der Waals surface area contributed by atoms with Crippen molar-refractivity contribution in [2.45, 2.75) is 341 Å². The molecular formula is C63H119NO5. The van der Waals surface area contributed by atoms with Crippen LogP contribution in [0.25, 0.3) is 0 Å². The van der Waals surface area contributed by atoms with E-state index in [-0.39, 0.29) is 18.5 Å². The molecule has 0 heterocycles. The van der Waals surface area contributed by atoms with Gasteiger partial charge in [-0.05, 0) is 83.5 Å². The van der Waals surface area contributed by atoms with Gasteiger partial charge in [-0.3, -0.25) is 9.59 Å². The topological polar surface area (TPSA) is 95.9 Å². The minimum atomic E-state index is -0.680. The summed E-state index contributed by atoms with van der Waals surface area (Å²) < 4.78 is 5.46. The van der Waals surface area contributed by atoms with E-state index in [0.29, 0.717) is 25.9 Å². The van der Waals surface area contributed by atoms with Crippen LogP contribution in [-0.2, 0) is 14.3 Å². The average Bonchev–Trinajstić information content (AvgIpc) is 3.35. The fourth-order valence-electron chi connectivity index (χ4n) is 9.45. The van der Waals surface area contributed by atoms with E-state index in [2.05, 4.69) is 55.6 Å². The Kier molecular flexibility index (Phi) is 57.0. The number of aliphatic hydroxyl groups is 2. The number of carbonyl (C=O) groups is 2. The van der Waals surface area contributed by atoms with Crippen LogP contribution in [-0.4, -0.2) is 47.4 Å². The predicted octanol–water partition coefficient (Wildman–Crippen LogP) is 19.2. The first-order valence-corrected chi connectivity index (χ1v) is 30.8. The van der Waals surface area contributed by atoms with Gasteiger partial charge in [0.1, 0.15) is 0 Å². The highest BCUT2D eigenvalue weighted by Gasteiger charge is 2.20. The molecule has 0 bridgehead atoms. The third-order valence-electron chi connectivity index (χ3n) is 14.2. The minimum Gasteiger partial charge on any atom is -0.466 e. The van der Waals surface area contributed by atoms with Crippen LogP contribution in [0, 0.1) is 0 Å². The van der Waals surface area contributed by atoms with Gasteiger partial charge in [0.05, 0.1) is 25.4 Å². The standard InChI is InChI=1S/C63H119NO5/c1-3-5-7-9-11-13-15-17-19-21-23-24-27-31-35-39-43-47-51-55-61(66)60(59-65)64-62(67)56-52-48-44-40-36-32-28-26-30-34-38-42-46-50-54-58-69-63(68)57-53-49-45-41-37-33-29-25-22-20-18-16-14-12-10-8-6-4-2/h20,22,26,30,34,38,60-61,65-66H,3-19,21,23-25,27-29,31-33,35-37,39-59H2,1-2H3,(H,64,67)/b22-20-,30-26-,38-34-. The number of allylic oxidation sites excluding steroid dienone is 6. The molecule has 3 N–H and O–H groups in total. The maximum Gasteiger partial charge on any atom is 0.305 e. The summed E-state index contributed by atoms with van der Waals surface area (Å²) in [5, 5.41) is 23.3. The SMILES string of the molecule is CCCCCCCCC/C=C\CCCCCCCCCC(=O)OCCCCC/C=C\C=C/CCCCCCCCC(=O)NC(CO)C(O)CCCCCCCCCCCCCCCCCCCCC. The van der Waals surface area contributed by atoms with Gasteiger partial charge in [0.2, 0.25) is 5.91 Å². The molecule has 69 heavy (non-hydrogen) atoms. The fourth-order valence-corrected chi connectivity index (χ4v) is 9.45. The van der Waals surface area contributed by atoms with Gasteiger partial charge in [0.25, 0.3) is 0 Å². The van der Waals surface area contributed by atoms with Crippen LogP contribution < -0.4 is 5.32 Å². The smallest absolute Gasteiger partial charge is 0.305 e. The van der Waals surface area contributed by atoms with Gasteiger partial charge in [-0.15, -0.1) is 0 Å². The first-order valence-electron chi connectivity index (χ1n) is 30.8. The van der Waals surface area contributed by atoms with Crippen LogP contribution in [0.3, 0.4) is 0 Å². The number of rotatable bonds is 57. The van der Waals surface area contributed by atoms with Crippen molar-refractivity contribution in [2.75, 3.05) is 13.2 Å². The second-order valence-corrected chi connectivity index (χ2v) is 21.1. The van der Waals surface area contributed by atoms with E-state index in [1.165, 1.54) is 218 Å². The molecule has 0 aliphatic heterocycles. The highest BCUT2D eigenvalue weighted by molar-refractivity contribution is 5.76. The van der Waals surface area contributed by atoms with Gasteiger partial charge in [-0.25, -0.2) is 0 Å². The monoisotopic (exact) mass is 970 g/mol. The Hall–Kier alpha value is -1.92. The predicted molar refractivity (Wildman–Crippen MR) is 301 cm³/mol. The van der Waals surface area contributed by atoms with Gasteiger partial charge in [-0.1, -0.05) is 269 Å². The Balaban J connectivity index is 3.50. The zero-order valence-electron chi connectivity index (χ0n) is 46.3. The molecule has 6 heteroatoms. The molecule has 0 spiro atoms. The lowest BCUT2D eigenvalue weighted by Gasteiger charge is -2.22. The lowest BCUT2D eigenvalue weighted by atomic mass is 10.0. The zero-order valence-corrected chi connectivity index (χ0v) is 46.3. The lowest BCUT2D eigenvalue weighted by Crippen LogP contribution is -2.45. The summed E-state index contributed by atoms with van der Waals surface area (Å²) in [6.07, 6.45) is 72.9. The number of amides is 1. The second kappa shape index (κ2) is 58.6. The first-order chi connectivity index (χ1) is 34.0. The van der Waals surface area contributed by atoms with Gasteiger partial charge < -0.3 is 20.3 Å². The highest BCUT2D eigenvalue weighted by Crippen LogP contribution is 2.17. The Morgan fingerprint density at radius 3 is 1.12 bits per heavy atom. The number of ether oxygens (including phenoxy) is 1. The summed E-state index contributed by atoms with van der Waals surface area (Å²) in [7, 11) is 0. The molecule has 0 radical (unpaired) electrons. The number of hydrogen-bond donors (Lipinski definition) is 3. The Morgan fingerprint density at radius 1 is 0.406 bits per heavy atom. The van der Waals surface area contributed by atoms with Crippen LogP contribution in [0.4, 0.5) is 0 Å². The third kappa shape index (κ3) is 55.2. The molecule has 0 aromatic rings.